The molecule has 1 aromatic carbocycles. The first-order chi connectivity index (χ1) is 10.1. The molecule has 1 aromatic rings. The topological polar surface area (TPSA) is 41.6 Å². The second kappa shape index (κ2) is 7.78. The number of methoxy groups -OCH3 is 1. The highest BCUT2D eigenvalue weighted by Gasteiger charge is 2.22. The maximum atomic E-state index is 12.7. The van der Waals surface area contributed by atoms with Crippen LogP contribution >= 0.6 is 11.6 Å². The van der Waals surface area contributed by atoms with E-state index >= 15 is 0 Å². The van der Waals surface area contributed by atoms with E-state index in [1.165, 1.54) is 6.42 Å². The Labute approximate surface area is 131 Å². The van der Waals surface area contributed by atoms with E-state index in [0.29, 0.717) is 36.3 Å². The van der Waals surface area contributed by atoms with Gasteiger partial charge in [-0.15, -0.1) is 0 Å². The molecule has 4 nitrogen and oxygen atoms in total. The summed E-state index contributed by atoms with van der Waals surface area (Å²) in [4.78, 5) is 14.5. The Hall–Kier alpha value is -1.10. The largest absolute Gasteiger partial charge is 0.383 e. The molecule has 1 aliphatic heterocycles. The minimum Gasteiger partial charge on any atom is -0.383 e. The maximum Gasteiger partial charge on any atom is 0.254 e. The van der Waals surface area contributed by atoms with E-state index in [-0.39, 0.29) is 5.91 Å². The molecule has 1 N–H and O–H groups in total. The van der Waals surface area contributed by atoms with Gasteiger partial charge in [-0.1, -0.05) is 17.7 Å². The molecule has 1 atom stereocenters. The minimum absolute atomic E-state index is 0.0163. The van der Waals surface area contributed by atoms with E-state index in [2.05, 4.69) is 5.32 Å². The molecular weight excluding hydrogens is 288 g/mol. The molecular formula is C16H23ClN2O2. The number of carbonyl (C=O) groups is 1. The van der Waals surface area contributed by atoms with Crippen molar-refractivity contribution in [3.63, 3.8) is 0 Å². The van der Waals surface area contributed by atoms with Crippen LogP contribution in [0.15, 0.2) is 18.2 Å². The van der Waals surface area contributed by atoms with Crippen LogP contribution in [-0.4, -0.2) is 50.2 Å². The lowest BCUT2D eigenvalue weighted by Gasteiger charge is -2.26. The molecule has 1 saturated heterocycles. The van der Waals surface area contributed by atoms with Gasteiger partial charge in [0, 0.05) is 36.8 Å². The Morgan fingerprint density at radius 1 is 1.52 bits per heavy atom. The fourth-order valence-electron chi connectivity index (χ4n) is 2.56. The molecule has 0 spiro atoms. The van der Waals surface area contributed by atoms with E-state index in [9.17, 15) is 4.79 Å². The van der Waals surface area contributed by atoms with Crippen LogP contribution in [0.5, 0.6) is 0 Å². The van der Waals surface area contributed by atoms with Gasteiger partial charge < -0.3 is 15.0 Å². The molecule has 1 amide bonds. The smallest absolute Gasteiger partial charge is 0.254 e. The number of nitrogens with one attached hydrogen (secondary N) is 1. The minimum atomic E-state index is 0.0163. The first-order valence-corrected chi connectivity index (χ1v) is 7.77. The lowest BCUT2D eigenvalue weighted by molar-refractivity contribution is 0.0679. The van der Waals surface area contributed by atoms with Crippen LogP contribution in [0.2, 0.25) is 5.02 Å². The molecule has 21 heavy (non-hydrogen) atoms. The molecule has 0 aliphatic carbocycles. The molecule has 1 heterocycles. The highest BCUT2D eigenvalue weighted by molar-refractivity contribution is 6.31. The SMILES string of the molecule is COCCN(CC1CCCN1)C(=O)c1ccc(C)c(Cl)c1. The number of amides is 1. The van der Waals surface area contributed by atoms with Gasteiger partial charge in [0.1, 0.15) is 0 Å². The number of ether oxygens (including phenoxy) is 1. The first-order valence-electron chi connectivity index (χ1n) is 7.39. The van der Waals surface area contributed by atoms with E-state index in [4.69, 9.17) is 16.3 Å². The normalized spacial score (nSPS) is 18.0. The van der Waals surface area contributed by atoms with Crippen molar-refractivity contribution >= 4 is 17.5 Å². The third kappa shape index (κ3) is 4.43. The molecule has 0 bridgehead atoms. The lowest BCUT2D eigenvalue weighted by Crippen LogP contribution is -2.42. The molecule has 2 rings (SSSR count). The molecule has 0 saturated carbocycles. The van der Waals surface area contributed by atoms with Gasteiger partial charge in [0.05, 0.1) is 6.61 Å². The van der Waals surface area contributed by atoms with Crippen molar-refractivity contribution in [1.82, 2.24) is 10.2 Å². The van der Waals surface area contributed by atoms with Gasteiger partial charge in [0.25, 0.3) is 5.91 Å². The quantitative estimate of drug-likeness (QED) is 0.877. The van der Waals surface area contributed by atoms with Crippen LogP contribution in [0.1, 0.15) is 28.8 Å². The summed E-state index contributed by atoms with van der Waals surface area (Å²) in [7, 11) is 1.65. The van der Waals surface area contributed by atoms with Crippen molar-refractivity contribution < 1.29 is 9.53 Å². The molecule has 5 heteroatoms. The summed E-state index contributed by atoms with van der Waals surface area (Å²) >= 11 is 6.13. The van der Waals surface area contributed by atoms with E-state index in [0.717, 1.165) is 18.5 Å². The predicted molar refractivity (Wildman–Crippen MR) is 85.0 cm³/mol. The summed E-state index contributed by atoms with van der Waals surface area (Å²) in [5.41, 5.74) is 1.62. The fraction of sp³-hybridized carbons (Fsp3) is 0.562. The maximum absolute atomic E-state index is 12.7. The molecule has 0 aromatic heterocycles. The van der Waals surface area contributed by atoms with Crippen LogP contribution in [-0.2, 0) is 4.74 Å². The number of rotatable bonds is 6. The summed E-state index contributed by atoms with van der Waals surface area (Å²) in [6.45, 7) is 4.82. The molecule has 1 unspecified atom stereocenters. The second-order valence-corrected chi connectivity index (χ2v) is 5.91. The summed E-state index contributed by atoms with van der Waals surface area (Å²) in [6.07, 6.45) is 2.29. The van der Waals surface area contributed by atoms with Crippen molar-refractivity contribution in [3.05, 3.63) is 34.3 Å². The van der Waals surface area contributed by atoms with Gasteiger partial charge in [-0.3, -0.25) is 4.79 Å². The van der Waals surface area contributed by atoms with E-state index in [1.54, 1.807) is 13.2 Å². The zero-order chi connectivity index (χ0) is 15.2. The van der Waals surface area contributed by atoms with Crippen molar-refractivity contribution in [1.29, 1.82) is 0 Å². The van der Waals surface area contributed by atoms with Crippen molar-refractivity contribution in [2.45, 2.75) is 25.8 Å². The van der Waals surface area contributed by atoms with Crippen molar-refractivity contribution in [2.75, 3.05) is 33.4 Å². The number of hydrogen-bond acceptors (Lipinski definition) is 3. The first kappa shape index (κ1) is 16.3. The highest BCUT2D eigenvalue weighted by atomic mass is 35.5. The Balaban J connectivity index is 2.09. The molecule has 1 aliphatic rings. The van der Waals surface area contributed by atoms with Crippen molar-refractivity contribution in [3.8, 4) is 0 Å². The van der Waals surface area contributed by atoms with Gasteiger partial charge >= 0.3 is 0 Å². The zero-order valence-corrected chi connectivity index (χ0v) is 13.4. The number of hydrogen-bond donors (Lipinski definition) is 1. The summed E-state index contributed by atoms with van der Waals surface area (Å²) < 4.78 is 5.13. The summed E-state index contributed by atoms with van der Waals surface area (Å²) in [6, 6.07) is 5.86. The predicted octanol–water partition coefficient (Wildman–Crippen LogP) is 2.49. The average Bonchev–Trinajstić information content (AvgIpc) is 2.98. The Bertz CT molecular complexity index is 487. The monoisotopic (exact) mass is 310 g/mol. The summed E-state index contributed by atoms with van der Waals surface area (Å²) in [5, 5.41) is 4.06. The number of benzene rings is 1. The van der Waals surface area contributed by atoms with Crippen molar-refractivity contribution in [2.24, 2.45) is 0 Å². The van der Waals surface area contributed by atoms with Crippen LogP contribution in [0.25, 0.3) is 0 Å². The zero-order valence-electron chi connectivity index (χ0n) is 12.7. The fourth-order valence-corrected chi connectivity index (χ4v) is 2.74. The van der Waals surface area contributed by atoms with E-state index in [1.807, 2.05) is 24.0 Å². The molecule has 0 radical (unpaired) electrons. The van der Waals surface area contributed by atoms with Crippen LogP contribution in [0, 0.1) is 6.92 Å². The van der Waals surface area contributed by atoms with Gasteiger partial charge in [0.15, 0.2) is 0 Å². The number of nitrogens with zero attached hydrogens (tertiary/aromatic N) is 1. The summed E-state index contributed by atoms with van der Waals surface area (Å²) in [5.74, 6) is 0.0163. The van der Waals surface area contributed by atoms with E-state index < -0.39 is 0 Å². The van der Waals surface area contributed by atoms with Gasteiger partial charge in [-0.2, -0.15) is 0 Å². The third-order valence-corrected chi connectivity index (χ3v) is 4.28. The van der Waals surface area contributed by atoms with Crippen LogP contribution < -0.4 is 5.32 Å². The Morgan fingerprint density at radius 2 is 2.33 bits per heavy atom. The van der Waals surface area contributed by atoms with Gasteiger partial charge in [-0.25, -0.2) is 0 Å². The number of halogens is 1. The second-order valence-electron chi connectivity index (χ2n) is 5.50. The van der Waals surface area contributed by atoms with Gasteiger partial charge in [-0.05, 0) is 44.0 Å². The Kier molecular flexibility index (Phi) is 6.03. The van der Waals surface area contributed by atoms with Gasteiger partial charge in [0.2, 0.25) is 0 Å². The van der Waals surface area contributed by atoms with Crippen LogP contribution in [0.4, 0.5) is 0 Å². The lowest BCUT2D eigenvalue weighted by atomic mass is 10.1. The highest BCUT2D eigenvalue weighted by Crippen LogP contribution is 2.18. The molecule has 116 valence electrons. The Morgan fingerprint density at radius 3 is 2.95 bits per heavy atom. The number of aryl methyl sites for hydroxylation is 1. The standard InChI is InChI=1S/C16H23ClN2O2/c1-12-5-6-13(10-15(12)17)16(20)19(8-9-21-2)11-14-4-3-7-18-14/h5-6,10,14,18H,3-4,7-9,11H2,1-2H3. The number of carbonyl (C=O) groups excluding carboxylic acids is 1. The molecule has 1 fully saturated rings. The van der Waals surface area contributed by atoms with Crippen LogP contribution in [0.3, 0.4) is 0 Å². The average molecular weight is 311 g/mol. The third-order valence-electron chi connectivity index (χ3n) is 3.87.